The number of fused-ring (bicyclic) bond motifs is 1. The first-order valence-corrected chi connectivity index (χ1v) is 7.11. The fraction of sp³-hybridized carbons (Fsp3) is 0.438. The second-order valence-corrected chi connectivity index (χ2v) is 5.00. The van der Waals surface area contributed by atoms with Crippen LogP contribution in [0.4, 0.5) is 0 Å². The first kappa shape index (κ1) is 14.4. The number of nitrogens with zero attached hydrogens (tertiary/aromatic N) is 1. The van der Waals surface area contributed by atoms with Crippen LogP contribution in [0.5, 0.6) is 0 Å². The van der Waals surface area contributed by atoms with Crippen molar-refractivity contribution >= 4 is 17.6 Å². The van der Waals surface area contributed by atoms with Crippen molar-refractivity contribution in [2.75, 3.05) is 0 Å². The molecule has 2 amide bonds. The molecule has 0 N–H and O–H groups in total. The van der Waals surface area contributed by atoms with Gasteiger partial charge >= 0.3 is 0 Å². The van der Waals surface area contributed by atoms with Crippen molar-refractivity contribution in [1.29, 1.82) is 0 Å². The minimum absolute atomic E-state index is 0.0482. The van der Waals surface area contributed by atoms with Crippen LogP contribution in [-0.2, 0) is 4.79 Å². The molecule has 1 aromatic rings. The smallest absolute Gasteiger partial charge is 0.262 e. The lowest BCUT2D eigenvalue weighted by Crippen LogP contribution is -2.44. The minimum Gasteiger partial charge on any atom is -0.297 e. The Labute approximate surface area is 118 Å². The topological polar surface area (TPSA) is 54.5 Å². The van der Waals surface area contributed by atoms with Gasteiger partial charge in [0.2, 0.25) is 0 Å². The maximum Gasteiger partial charge on any atom is 0.262 e. The normalized spacial score (nSPS) is 15.4. The van der Waals surface area contributed by atoms with Crippen molar-refractivity contribution < 1.29 is 14.4 Å². The Morgan fingerprint density at radius 2 is 1.65 bits per heavy atom. The van der Waals surface area contributed by atoms with Gasteiger partial charge in [0, 0.05) is 6.42 Å². The molecule has 1 heterocycles. The van der Waals surface area contributed by atoms with E-state index in [4.69, 9.17) is 0 Å². The number of hydrogen-bond donors (Lipinski definition) is 0. The van der Waals surface area contributed by atoms with Gasteiger partial charge < -0.3 is 0 Å². The summed E-state index contributed by atoms with van der Waals surface area (Å²) in [5.74, 6) is -0.727. The Balaban J connectivity index is 2.34. The van der Waals surface area contributed by atoms with E-state index in [1.807, 2.05) is 6.92 Å². The zero-order valence-electron chi connectivity index (χ0n) is 11.9. The first-order chi connectivity index (χ1) is 9.61. The van der Waals surface area contributed by atoms with Gasteiger partial charge in [-0.1, -0.05) is 38.8 Å². The van der Waals surface area contributed by atoms with E-state index >= 15 is 0 Å². The molecule has 2 rings (SSSR count). The summed E-state index contributed by atoms with van der Waals surface area (Å²) in [6.45, 7) is 3.79. The van der Waals surface area contributed by atoms with Crippen LogP contribution in [0.3, 0.4) is 0 Å². The number of hydrogen-bond acceptors (Lipinski definition) is 3. The van der Waals surface area contributed by atoms with Gasteiger partial charge in [-0.25, -0.2) is 0 Å². The summed E-state index contributed by atoms with van der Waals surface area (Å²) in [7, 11) is 0. The van der Waals surface area contributed by atoms with E-state index in [9.17, 15) is 14.4 Å². The maximum atomic E-state index is 12.4. The van der Waals surface area contributed by atoms with Crippen LogP contribution in [0.1, 0.15) is 60.2 Å². The highest BCUT2D eigenvalue weighted by atomic mass is 16.2. The second-order valence-electron chi connectivity index (χ2n) is 5.00. The van der Waals surface area contributed by atoms with Gasteiger partial charge in [-0.15, -0.1) is 0 Å². The van der Waals surface area contributed by atoms with Crippen LogP contribution in [0.2, 0.25) is 0 Å². The van der Waals surface area contributed by atoms with E-state index in [-0.39, 0.29) is 17.6 Å². The number of imide groups is 1. The monoisotopic (exact) mass is 273 g/mol. The molecule has 1 atom stereocenters. The Bertz CT molecular complexity index is 515. The second kappa shape index (κ2) is 5.99. The van der Waals surface area contributed by atoms with Gasteiger partial charge in [0.1, 0.15) is 0 Å². The summed E-state index contributed by atoms with van der Waals surface area (Å²) in [6, 6.07) is 6.13. The van der Waals surface area contributed by atoms with Crippen molar-refractivity contribution in [3.63, 3.8) is 0 Å². The molecule has 0 aliphatic carbocycles. The van der Waals surface area contributed by atoms with Crippen LogP contribution in [0.25, 0.3) is 0 Å². The molecular weight excluding hydrogens is 254 g/mol. The highest BCUT2D eigenvalue weighted by Crippen LogP contribution is 2.27. The molecule has 1 aliphatic heterocycles. The summed E-state index contributed by atoms with van der Waals surface area (Å²) >= 11 is 0. The number of amides is 2. The number of ketones is 1. The van der Waals surface area contributed by atoms with E-state index in [2.05, 4.69) is 0 Å². The van der Waals surface area contributed by atoms with E-state index in [0.717, 1.165) is 17.7 Å². The summed E-state index contributed by atoms with van der Waals surface area (Å²) in [5, 5.41) is 0. The summed E-state index contributed by atoms with van der Waals surface area (Å²) < 4.78 is 0. The summed E-state index contributed by atoms with van der Waals surface area (Å²) in [6.07, 6.45) is 2.64. The lowest BCUT2D eigenvalue weighted by molar-refractivity contribution is -0.122. The van der Waals surface area contributed by atoms with Crippen molar-refractivity contribution in [2.24, 2.45) is 0 Å². The van der Waals surface area contributed by atoms with Crippen LogP contribution in [-0.4, -0.2) is 28.5 Å². The molecule has 1 unspecified atom stereocenters. The van der Waals surface area contributed by atoms with Crippen molar-refractivity contribution in [2.45, 2.75) is 45.6 Å². The largest absolute Gasteiger partial charge is 0.297 e. The predicted molar refractivity (Wildman–Crippen MR) is 75.6 cm³/mol. The van der Waals surface area contributed by atoms with E-state index in [1.165, 1.54) is 0 Å². The van der Waals surface area contributed by atoms with Crippen molar-refractivity contribution in [3.05, 3.63) is 35.4 Å². The van der Waals surface area contributed by atoms with Gasteiger partial charge in [-0.05, 0) is 18.6 Å². The van der Waals surface area contributed by atoms with Gasteiger partial charge in [0.15, 0.2) is 5.78 Å². The zero-order valence-corrected chi connectivity index (χ0v) is 11.9. The molecular formula is C16H19NO3. The number of carbonyl (C=O) groups is 3. The predicted octanol–water partition coefficient (Wildman–Crippen LogP) is 2.82. The van der Waals surface area contributed by atoms with Crippen LogP contribution in [0, 0.1) is 0 Å². The van der Waals surface area contributed by atoms with E-state index in [0.29, 0.717) is 24.0 Å². The Kier molecular flexibility index (Phi) is 4.32. The highest BCUT2D eigenvalue weighted by Gasteiger charge is 2.41. The van der Waals surface area contributed by atoms with Crippen molar-refractivity contribution in [1.82, 2.24) is 4.90 Å². The van der Waals surface area contributed by atoms with Gasteiger partial charge in [0.25, 0.3) is 11.8 Å². The highest BCUT2D eigenvalue weighted by molar-refractivity contribution is 6.22. The molecule has 0 saturated carbocycles. The molecule has 0 spiro atoms. The number of benzene rings is 1. The van der Waals surface area contributed by atoms with Gasteiger partial charge in [-0.2, -0.15) is 0 Å². The molecule has 0 saturated heterocycles. The average Bonchev–Trinajstić information content (AvgIpc) is 2.73. The number of carbonyl (C=O) groups excluding carboxylic acids is 3. The number of rotatable bonds is 6. The molecule has 0 radical (unpaired) electrons. The fourth-order valence-corrected chi connectivity index (χ4v) is 2.56. The molecule has 20 heavy (non-hydrogen) atoms. The lowest BCUT2D eigenvalue weighted by Gasteiger charge is -2.24. The Hall–Kier alpha value is -1.97. The molecule has 4 heteroatoms. The molecule has 106 valence electrons. The molecule has 1 aromatic carbocycles. The number of Topliss-reactive ketones (excluding diaryl/α,β-unsaturated/α-hetero) is 1. The third-order valence-electron chi connectivity index (χ3n) is 3.69. The van der Waals surface area contributed by atoms with Crippen LogP contribution >= 0.6 is 0 Å². The Morgan fingerprint density at radius 1 is 1.10 bits per heavy atom. The first-order valence-electron chi connectivity index (χ1n) is 7.11. The quantitative estimate of drug-likeness (QED) is 0.749. The number of unbranched alkanes of at least 4 members (excludes halogenated alkanes) is 1. The van der Waals surface area contributed by atoms with Crippen molar-refractivity contribution in [3.8, 4) is 0 Å². The standard InChI is InChI=1S/C16H19NO3/c1-3-5-10-13(14(18)4-2)17-15(19)11-8-6-7-9-12(11)16(17)20/h6-9,13H,3-5,10H2,1-2H3. The summed E-state index contributed by atoms with van der Waals surface area (Å²) in [4.78, 5) is 38.0. The molecule has 1 aliphatic rings. The minimum atomic E-state index is -0.618. The zero-order chi connectivity index (χ0) is 14.7. The van der Waals surface area contributed by atoms with E-state index in [1.54, 1.807) is 31.2 Å². The molecule has 4 nitrogen and oxygen atoms in total. The third-order valence-corrected chi connectivity index (χ3v) is 3.69. The average molecular weight is 273 g/mol. The SMILES string of the molecule is CCCCC(C(=O)CC)N1C(=O)c2ccccc2C1=O. The Morgan fingerprint density at radius 3 is 2.10 bits per heavy atom. The van der Waals surface area contributed by atoms with Gasteiger partial charge in [-0.3, -0.25) is 19.3 Å². The maximum absolute atomic E-state index is 12.4. The summed E-state index contributed by atoms with van der Waals surface area (Å²) in [5.41, 5.74) is 0.811. The van der Waals surface area contributed by atoms with Crippen LogP contribution < -0.4 is 0 Å². The van der Waals surface area contributed by atoms with Gasteiger partial charge in [0.05, 0.1) is 17.2 Å². The molecule has 0 bridgehead atoms. The molecule has 0 fully saturated rings. The van der Waals surface area contributed by atoms with E-state index < -0.39 is 6.04 Å². The lowest BCUT2D eigenvalue weighted by atomic mass is 10.0. The molecule has 0 aromatic heterocycles. The van der Waals surface area contributed by atoms with Crippen LogP contribution in [0.15, 0.2) is 24.3 Å². The fourth-order valence-electron chi connectivity index (χ4n) is 2.56. The third kappa shape index (κ3) is 2.38.